The summed E-state index contributed by atoms with van der Waals surface area (Å²) < 4.78 is 48.8. The zero-order valence-corrected chi connectivity index (χ0v) is 11.7. The van der Waals surface area contributed by atoms with Crippen molar-refractivity contribution in [3.05, 3.63) is 35.4 Å². The molecule has 4 rings (SSSR count). The minimum atomic E-state index is -3.48. The van der Waals surface area contributed by atoms with Crippen LogP contribution < -0.4 is 0 Å². The van der Waals surface area contributed by atoms with E-state index in [1.807, 2.05) is 0 Å². The second-order valence-corrected chi connectivity index (χ2v) is 8.90. The van der Waals surface area contributed by atoms with Crippen molar-refractivity contribution < 1.29 is 17.2 Å². The largest absolute Gasteiger partial charge is 0.233 e. The second kappa shape index (κ2) is 3.92. The Kier molecular flexibility index (Phi) is 2.74. The zero-order chi connectivity index (χ0) is 13.9. The number of hydrogen-bond acceptors (Lipinski definition) is 2. The van der Waals surface area contributed by atoms with Gasteiger partial charge in [0.15, 0.2) is 0 Å². The topological polar surface area (TPSA) is 34.1 Å². The second-order valence-electron chi connectivity index (χ2n) is 6.13. The molecule has 1 aromatic carbocycles. The number of rotatable bonds is 4. The Morgan fingerprint density at radius 1 is 1.16 bits per heavy atom. The van der Waals surface area contributed by atoms with Gasteiger partial charge in [0.2, 0.25) is 9.05 Å². The molecule has 2 nitrogen and oxygen atoms in total. The Morgan fingerprint density at radius 3 is 2.37 bits per heavy atom. The van der Waals surface area contributed by atoms with Crippen LogP contribution in [-0.4, -0.2) is 14.2 Å². The lowest BCUT2D eigenvalue weighted by molar-refractivity contribution is -0.186. The monoisotopic (exact) mass is 306 g/mol. The van der Waals surface area contributed by atoms with Crippen molar-refractivity contribution in [3.63, 3.8) is 0 Å². The van der Waals surface area contributed by atoms with Gasteiger partial charge in [-0.2, -0.15) is 0 Å². The van der Waals surface area contributed by atoms with Gasteiger partial charge in [0.05, 0.1) is 5.75 Å². The van der Waals surface area contributed by atoms with Gasteiger partial charge in [-0.15, -0.1) is 0 Å². The first-order valence-corrected chi connectivity index (χ1v) is 8.55. The smallest absolute Gasteiger partial charge is 0.212 e. The molecule has 3 fully saturated rings. The third kappa shape index (κ3) is 2.38. The van der Waals surface area contributed by atoms with Crippen LogP contribution in [0.2, 0.25) is 0 Å². The zero-order valence-electron chi connectivity index (χ0n) is 10.1. The van der Waals surface area contributed by atoms with Crippen LogP contribution >= 0.6 is 10.7 Å². The molecule has 3 aliphatic carbocycles. The maximum absolute atomic E-state index is 13.6. The average molecular weight is 307 g/mol. The fourth-order valence-corrected chi connectivity index (χ4v) is 5.75. The van der Waals surface area contributed by atoms with Gasteiger partial charge in [-0.3, -0.25) is 0 Å². The summed E-state index contributed by atoms with van der Waals surface area (Å²) in [6, 6.07) is 3.46. The van der Waals surface area contributed by atoms with E-state index in [4.69, 9.17) is 10.7 Å². The van der Waals surface area contributed by atoms with Crippen LogP contribution in [0.25, 0.3) is 0 Å². The molecule has 0 saturated heterocycles. The highest BCUT2D eigenvalue weighted by molar-refractivity contribution is 8.13. The van der Waals surface area contributed by atoms with Crippen LogP contribution in [0.4, 0.5) is 8.78 Å². The molecular weight excluding hydrogens is 294 g/mol. The normalized spacial score (nSPS) is 32.6. The van der Waals surface area contributed by atoms with Crippen LogP contribution in [0, 0.1) is 22.5 Å². The van der Waals surface area contributed by atoms with Crippen molar-refractivity contribution >= 4 is 19.7 Å². The van der Waals surface area contributed by atoms with Gasteiger partial charge in [-0.05, 0) is 60.3 Å². The lowest BCUT2D eigenvalue weighted by Crippen LogP contribution is -2.64. The highest BCUT2D eigenvalue weighted by atomic mass is 35.7. The molecule has 0 unspecified atom stereocenters. The maximum Gasteiger partial charge on any atom is 0.233 e. The average Bonchev–Trinajstić information content (AvgIpc) is 2.16. The van der Waals surface area contributed by atoms with E-state index in [1.54, 1.807) is 0 Å². The van der Waals surface area contributed by atoms with Crippen LogP contribution in [0.15, 0.2) is 18.2 Å². The fraction of sp³-hybridized carbons (Fsp3) is 0.538. The minimum Gasteiger partial charge on any atom is -0.212 e. The minimum absolute atomic E-state index is 0.00502. The fourth-order valence-electron chi connectivity index (χ4n) is 4.02. The van der Waals surface area contributed by atoms with Gasteiger partial charge in [-0.1, -0.05) is 0 Å². The van der Waals surface area contributed by atoms with E-state index in [-0.39, 0.29) is 16.6 Å². The molecule has 104 valence electrons. The Morgan fingerprint density at radius 2 is 1.79 bits per heavy atom. The number of hydrogen-bond donors (Lipinski definition) is 0. The lowest BCUT2D eigenvalue weighted by atomic mass is 9.34. The molecule has 1 aromatic rings. The Labute approximate surface area is 115 Å². The first-order valence-electron chi connectivity index (χ1n) is 6.07. The molecule has 0 amide bonds. The summed E-state index contributed by atoms with van der Waals surface area (Å²) in [5.74, 6) is -0.847. The summed E-state index contributed by atoms with van der Waals surface area (Å²) in [5.41, 5.74) is 0.127. The number of benzene rings is 1. The van der Waals surface area contributed by atoms with Crippen molar-refractivity contribution in [1.82, 2.24) is 0 Å². The molecule has 0 aliphatic heterocycles. The molecule has 0 radical (unpaired) electrons. The molecule has 3 aliphatic rings. The maximum atomic E-state index is 13.6. The van der Waals surface area contributed by atoms with Crippen molar-refractivity contribution in [2.75, 3.05) is 5.75 Å². The van der Waals surface area contributed by atoms with E-state index in [1.165, 1.54) is 6.07 Å². The molecule has 19 heavy (non-hydrogen) atoms. The van der Waals surface area contributed by atoms with Gasteiger partial charge in [0.1, 0.15) is 11.6 Å². The Balaban J connectivity index is 1.68. The van der Waals surface area contributed by atoms with Gasteiger partial charge in [0, 0.05) is 10.7 Å². The van der Waals surface area contributed by atoms with E-state index in [2.05, 4.69) is 0 Å². The van der Waals surface area contributed by atoms with Crippen molar-refractivity contribution in [2.45, 2.75) is 25.7 Å². The van der Waals surface area contributed by atoms with E-state index in [9.17, 15) is 17.2 Å². The van der Waals surface area contributed by atoms with Crippen LogP contribution in [-0.2, 0) is 15.5 Å². The molecule has 2 bridgehead atoms. The molecule has 0 spiro atoms. The SMILES string of the molecule is O=S(=O)(Cl)CC12CC(Cc3cc(F)ccc3F)(C1)C2. The highest BCUT2D eigenvalue weighted by Gasteiger charge is 2.68. The van der Waals surface area contributed by atoms with Crippen molar-refractivity contribution in [2.24, 2.45) is 10.8 Å². The molecule has 0 atom stereocenters. The van der Waals surface area contributed by atoms with E-state index >= 15 is 0 Å². The van der Waals surface area contributed by atoms with Crippen LogP contribution in [0.3, 0.4) is 0 Å². The summed E-state index contributed by atoms with van der Waals surface area (Å²) in [4.78, 5) is 0. The van der Waals surface area contributed by atoms with Gasteiger partial charge in [0.25, 0.3) is 0 Å². The third-order valence-corrected chi connectivity index (χ3v) is 5.59. The van der Waals surface area contributed by atoms with E-state index < -0.39 is 20.7 Å². The molecular formula is C13H13ClF2O2S. The van der Waals surface area contributed by atoms with Crippen molar-refractivity contribution in [3.8, 4) is 0 Å². The predicted octanol–water partition coefficient (Wildman–Crippen LogP) is 3.25. The summed E-state index contributed by atoms with van der Waals surface area (Å²) in [6.07, 6.45) is 2.69. The molecule has 6 heteroatoms. The first-order chi connectivity index (χ1) is 8.71. The Hall–Kier alpha value is -0.680. The third-order valence-electron chi connectivity index (χ3n) is 4.30. The summed E-state index contributed by atoms with van der Waals surface area (Å²) >= 11 is 0. The first kappa shape index (κ1) is 13.3. The predicted molar refractivity (Wildman–Crippen MR) is 68.4 cm³/mol. The van der Waals surface area contributed by atoms with Gasteiger partial charge in [-0.25, -0.2) is 17.2 Å². The van der Waals surface area contributed by atoms with Crippen LogP contribution in [0.1, 0.15) is 24.8 Å². The van der Waals surface area contributed by atoms with E-state index in [0.717, 1.165) is 31.4 Å². The van der Waals surface area contributed by atoms with Gasteiger partial charge >= 0.3 is 0 Å². The standard InChI is InChI=1S/C13H13ClF2O2S/c14-19(17,18)8-13-5-12(6-13,7-13)4-9-3-10(15)1-2-11(9)16/h1-3H,4-8H2. The molecule has 3 saturated carbocycles. The number of halogens is 3. The van der Waals surface area contributed by atoms with Crippen molar-refractivity contribution in [1.29, 1.82) is 0 Å². The summed E-state index contributed by atoms with van der Waals surface area (Å²) in [7, 11) is 1.79. The van der Waals surface area contributed by atoms with E-state index in [0.29, 0.717) is 12.0 Å². The van der Waals surface area contributed by atoms with Gasteiger partial charge < -0.3 is 0 Å². The summed E-state index contributed by atoms with van der Waals surface area (Å²) in [6.45, 7) is 0. The van der Waals surface area contributed by atoms with Crippen LogP contribution in [0.5, 0.6) is 0 Å². The quantitative estimate of drug-likeness (QED) is 0.800. The highest BCUT2D eigenvalue weighted by Crippen LogP contribution is 2.74. The molecule has 0 aromatic heterocycles. The Bertz CT molecular complexity index is 622. The summed E-state index contributed by atoms with van der Waals surface area (Å²) in [5, 5.41) is 0. The molecule has 0 heterocycles. The lowest BCUT2D eigenvalue weighted by Gasteiger charge is -2.71. The molecule has 0 N–H and O–H groups in total.